The van der Waals surface area contributed by atoms with Gasteiger partial charge in [-0.15, -0.1) is 0 Å². The Kier molecular flexibility index (Phi) is 6.49. The van der Waals surface area contributed by atoms with E-state index in [9.17, 15) is 31.9 Å². The maximum Gasteiger partial charge on any atom is 0.425 e. The predicted molar refractivity (Wildman–Crippen MR) is 105 cm³/mol. The van der Waals surface area contributed by atoms with Gasteiger partial charge in [0.25, 0.3) is 5.91 Å². The molecular weight excluding hydrogens is 461 g/mol. The molecular formula is C20H13ClF5N3O3. The number of nitrogens with one attached hydrogen (secondary N) is 1. The first-order chi connectivity index (χ1) is 15.0. The first-order valence-corrected chi connectivity index (χ1v) is 9.19. The number of carbonyl (C=O) groups excluding carboxylic acids is 1. The maximum absolute atomic E-state index is 14.8. The quantitative estimate of drug-likeness (QED) is 0.487. The molecule has 2 aromatic carbocycles. The molecule has 1 unspecified atom stereocenters. The van der Waals surface area contributed by atoms with Crippen molar-refractivity contribution in [3.8, 4) is 22.9 Å². The van der Waals surface area contributed by atoms with E-state index in [2.05, 4.69) is 15.3 Å². The number of para-hydroxylation sites is 1. The average Bonchev–Trinajstić information content (AvgIpc) is 2.71. The van der Waals surface area contributed by atoms with Crippen LogP contribution in [0.1, 0.15) is 17.3 Å². The number of aromatic nitrogens is 2. The number of rotatable bonds is 5. The average molecular weight is 474 g/mol. The van der Waals surface area contributed by atoms with Gasteiger partial charge in [-0.25, -0.2) is 18.7 Å². The zero-order valence-corrected chi connectivity index (χ0v) is 16.8. The Morgan fingerprint density at radius 1 is 1.16 bits per heavy atom. The van der Waals surface area contributed by atoms with Gasteiger partial charge in [-0.05, 0) is 31.2 Å². The van der Waals surface area contributed by atoms with Gasteiger partial charge in [-0.1, -0.05) is 17.7 Å². The number of carbonyl (C=O) groups is 1. The van der Waals surface area contributed by atoms with E-state index in [-0.39, 0.29) is 16.3 Å². The van der Waals surface area contributed by atoms with Crippen molar-refractivity contribution in [1.82, 2.24) is 9.97 Å². The van der Waals surface area contributed by atoms with Crippen LogP contribution in [-0.2, 0) is 0 Å². The zero-order chi connectivity index (χ0) is 23.6. The minimum absolute atomic E-state index is 0.145. The molecule has 0 saturated carbocycles. The van der Waals surface area contributed by atoms with Gasteiger partial charge < -0.3 is 15.2 Å². The third-order valence-electron chi connectivity index (χ3n) is 4.19. The summed E-state index contributed by atoms with van der Waals surface area (Å²) in [6.07, 6.45) is -5.29. The van der Waals surface area contributed by atoms with E-state index in [1.165, 1.54) is 12.1 Å². The molecule has 3 aromatic rings. The molecule has 0 aliphatic heterocycles. The summed E-state index contributed by atoms with van der Waals surface area (Å²) in [5.74, 6) is -4.24. The standard InChI is InChI=1S/C20H13ClF5N3O3/c1-9(20(24,25)26)32-16-6-10(15-7-28-17(30)8-27-15)14(23)5-11(16)19(31)29-18-12(21)3-2-4-13(18)22/h2-9H,1H3,(H,28,30)(H,29,31). The van der Waals surface area contributed by atoms with Crippen molar-refractivity contribution in [1.29, 1.82) is 0 Å². The number of alkyl halides is 3. The first kappa shape index (κ1) is 23.2. The monoisotopic (exact) mass is 473 g/mol. The van der Waals surface area contributed by atoms with Gasteiger partial charge in [-0.2, -0.15) is 13.2 Å². The van der Waals surface area contributed by atoms with Crippen LogP contribution in [0.3, 0.4) is 0 Å². The molecule has 0 saturated heterocycles. The lowest BCUT2D eigenvalue weighted by Crippen LogP contribution is -2.32. The second kappa shape index (κ2) is 8.95. The number of aromatic hydroxyl groups is 1. The number of amides is 1. The van der Waals surface area contributed by atoms with Gasteiger partial charge in [0.1, 0.15) is 17.4 Å². The van der Waals surface area contributed by atoms with Crippen molar-refractivity contribution in [2.45, 2.75) is 19.2 Å². The molecule has 2 N–H and O–H groups in total. The van der Waals surface area contributed by atoms with Crippen LogP contribution in [0.4, 0.5) is 27.6 Å². The summed E-state index contributed by atoms with van der Waals surface area (Å²) in [5, 5.41) is 11.2. The van der Waals surface area contributed by atoms with Crippen molar-refractivity contribution in [3.05, 3.63) is 64.9 Å². The van der Waals surface area contributed by atoms with Gasteiger partial charge in [-0.3, -0.25) is 4.79 Å². The highest BCUT2D eigenvalue weighted by atomic mass is 35.5. The molecule has 0 aliphatic rings. The largest absolute Gasteiger partial charge is 0.492 e. The second-order valence-electron chi connectivity index (χ2n) is 6.44. The molecule has 6 nitrogen and oxygen atoms in total. The van der Waals surface area contributed by atoms with Crippen LogP contribution in [0.2, 0.25) is 5.02 Å². The van der Waals surface area contributed by atoms with Crippen molar-refractivity contribution in [3.63, 3.8) is 0 Å². The van der Waals surface area contributed by atoms with Crippen molar-refractivity contribution in [2.24, 2.45) is 0 Å². The molecule has 1 heterocycles. The molecule has 0 spiro atoms. The topological polar surface area (TPSA) is 84.3 Å². The molecule has 0 fully saturated rings. The lowest BCUT2D eigenvalue weighted by molar-refractivity contribution is -0.189. The summed E-state index contributed by atoms with van der Waals surface area (Å²) in [5.41, 5.74) is -1.58. The van der Waals surface area contributed by atoms with Crippen LogP contribution < -0.4 is 10.1 Å². The summed E-state index contributed by atoms with van der Waals surface area (Å²) in [6, 6.07) is 5.00. The van der Waals surface area contributed by atoms with Crippen LogP contribution in [0.5, 0.6) is 11.6 Å². The zero-order valence-electron chi connectivity index (χ0n) is 16.0. The smallest absolute Gasteiger partial charge is 0.425 e. The Hall–Kier alpha value is -3.47. The summed E-state index contributed by atoms with van der Waals surface area (Å²) in [4.78, 5) is 20.0. The Labute approximate surface area is 182 Å². The summed E-state index contributed by atoms with van der Waals surface area (Å²) in [7, 11) is 0. The summed E-state index contributed by atoms with van der Waals surface area (Å²) < 4.78 is 72.8. The van der Waals surface area contributed by atoms with E-state index >= 15 is 0 Å². The summed E-state index contributed by atoms with van der Waals surface area (Å²) >= 11 is 5.85. The molecule has 0 radical (unpaired) electrons. The highest BCUT2D eigenvalue weighted by molar-refractivity contribution is 6.34. The fraction of sp³-hybridized carbons (Fsp3) is 0.150. The molecule has 12 heteroatoms. The van der Waals surface area contributed by atoms with E-state index in [0.717, 1.165) is 24.5 Å². The normalized spacial score (nSPS) is 12.3. The van der Waals surface area contributed by atoms with Crippen LogP contribution >= 0.6 is 11.6 Å². The lowest BCUT2D eigenvalue weighted by atomic mass is 10.1. The minimum atomic E-state index is -4.80. The number of halogens is 6. The maximum atomic E-state index is 14.8. The number of hydrogen-bond acceptors (Lipinski definition) is 5. The van der Waals surface area contributed by atoms with Gasteiger partial charge in [0.05, 0.1) is 34.4 Å². The number of benzene rings is 2. The van der Waals surface area contributed by atoms with E-state index < -0.39 is 52.7 Å². The Morgan fingerprint density at radius 3 is 2.47 bits per heavy atom. The van der Waals surface area contributed by atoms with E-state index in [1.54, 1.807) is 0 Å². The van der Waals surface area contributed by atoms with E-state index in [0.29, 0.717) is 13.0 Å². The molecule has 168 valence electrons. The Bertz CT molecular complexity index is 1140. The third-order valence-corrected chi connectivity index (χ3v) is 4.51. The number of hydrogen-bond donors (Lipinski definition) is 2. The van der Waals surface area contributed by atoms with Crippen molar-refractivity contribution >= 4 is 23.2 Å². The van der Waals surface area contributed by atoms with Gasteiger partial charge in [0, 0.05) is 5.56 Å². The van der Waals surface area contributed by atoms with Crippen molar-refractivity contribution in [2.75, 3.05) is 5.32 Å². The van der Waals surface area contributed by atoms with Gasteiger partial charge >= 0.3 is 6.18 Å². The summed E-state index contributed by atoms with van der Waals surface area (Å²) in [6.45, 7) is 0.693. The van der Waals surface area contributed by atoms with Crippen molar-refractivity contribution < 1.29 is 36.6 Å². The molecule has 1 aromatic heterocycles. The van der Waals surface area contributed by atoms with Crippen LogP contribution in [0, 0.1) is 11.6 Å². The SMILES string of the molecule is CC(Oc1cc(-c2cnc(O)cn2)c(F)cc1C(=O)Nc1c(F)cccc1Cl)C(F)(F)F. The second-order valence-corrected chi connectivity index (χ2v) is 6.85. The Balaban J connectivity index is 2.08. The highest BCUT2D eigenvalue weighted by Crippen LogP contribution is 2.34. The predicted octanol–water partition coefficient (Wildman–Crippen LogP) is 5.36. The highest BCUT2D eigenvalue weighted by Gasteiger charge is 2.39. The van der Waals surface area contributed by atoms with Crippen LogP contribution in [0.25, 0.3) is 11.3 Å². The molecule has 32 heavy (non-hydrogen) atoms. The molecule has 0 aliphatic carbocycles. The molecule has 3 rings (SSSR count). The molecule has 1 amide bonds. The number of nitrogens with zero attached hydrogens (tertiary/aromatic N) is 2. The number of anilines is 1. The minimum Gasteiger partial charge on any atom is -0.492 e. The molecule has 1 atom stereocenters. The number of ether oxygens (including phenoxy) is 1. The molecule has 0 bridgehead atoms. The fourth-order valence-corrected chi connectivity index (χ4v) is 2.75. The van der Waals surface area contributed by atoms with E-state index in [4.69, 9.17) is 16.3 Å². The fourth-order valence-electron chi connectivity index (χ4n) is 2.54. The van der Waals surface area contributed by atoms with Gasteiger partial charge in [0.15, 0.2) is 6.10 Å². The lowest BCUT2D eigenvalue weighted by Gasteiger charge is -2.20. The third kappa shape index (κ3) is 5.05. The van der Waals surface area contributed by atoms with Crippen LogP contribution in [0.15, 0.2) is 42.7 Å². The van der Waals surface area contributed by atoms with Crippen LogP contribution in [-0.4, -0.2) is 33.3 Å². The van der Waals surface area contributed by atoms with Gasteiger partial charge in [0.2, 0.25) is 5.88 Å². The van der Waals surface area contributed by atoms with E-state index in [1.807, 2.05) is 0 Å². The first-order valence-electron chi connectivity index (χ1n) is 8.81. The Morgan fingerprint density at radius 2 is 1.88 bits per heavy atom.